The van der Waals surface area contributed by atoms with E-state index in [1.807, 2.05) is 28.5 Å². The molecule has 1 fully saturated rings. The summed E-state index contributed by atoms with van der Waals surface area (Å²) >= 11 is 1.56. The molecule has 0 bridgehead atoms. The maximum absolute atomic E-state index is 12.6. The minimum atomic E-state index is 0. The van der Waals surface area contributed by atoms with Crippen LogP contribution in [0.15, 0.2) is 35.7 Å². The highest BCUT2D eigenvalue weighted by Crippen LogP contribution is 2.25. The molecule has 1 aromatic carbocycles. The number of aromatic nitrogens is 1. The first-order valence-electron chi connectivity index (χ1n) is 7.66. The zero-order chi connectivity index (χ0) is 15.5. The molecule has 1 aliphatic rings. The first-order valence-corrected chi connectivity index (χ1v) is 8.54. The molecule has 7 heteroatoms. The second-order valence-electron chi connectivity index (χ2n) is 5.93. The number of benzene rings is 1. The number of carbonyl (C=O) groups excluding carboxylic acids is 1. The molecule has 0 radical (unpaired) electrons. The normalized spacial score (nSPS) is 19.5. The summed E-state index contributed by atoms with van der Waals surface area (Å²) in [5, 5.41) is 2.86. The number of carbonyl (C=O) groups is 1. The van der Waals surface area contributed by atoms with E-state index in [0.29, 0.717) is 18.2 Å². The number of halogens is 2. The highest BCUT2D eigenvalue weighted by Gasteiger charge is 2.32. The van der Waals surface area contributed by atoms with Crippen LogP contribution in [0.5, 0.6) is 0 Å². The van der Waals surface area contributed by atoms with Crippen molar-refractivity contribution in [2.45, 2.75) is 25.8 Å². The molecule has 132 valence electrons. The molecule has 1 aromatic heterocycles. The van der Waals surface area contributed by atoms with Gasteiger partial charge in [0.15, 0.2) is 0 Å². The van der Waals surface area contributed by atoms with E-state index in [1.54, 1.807) is 11.3 Å². The Morgan fingerprint density at radius 3 is 2.67 bits per heavy atom. The fourth-order valence-electron chi connectivity index (χ4n) is 3.00. The summed E-state index contributed by atoms with van der Waals surface area (Å²) in [5.74, 6) is 0.459. The molecule has 4 nitrogen and oxygen atoms in total. The lowest BCUT2D eigenvalue weighted by atomic mass is 10.1. The van der Waals surface area contributed by atoms with Gasteiger partial charge in [-0.15, -0.1) is 36.2 Å². The largest absolute Gasteiger partial charge is 0.334 e. The van der Waals surface area contributed by atoms with Gasteiger partial charge < -0.3 is 10.6 Å². The van der Waals surface area contributed by atoms with Gasteiger partial charge in [-0.2, -0.15) is 0 Å². The minimum absolute atomic E-state index is 0. The lowest BCUT2D eigenvalue weighted by Gasteiger charge is -2.20. The molecule has 1 aliphatic heterocycles. The number of amides is 1. The maximum atomic E-state index is 12.6. The van der Waals surface area contributed by atoms with E-state index in [4.69, 9.17) is 5.73 Å². The third-order valence-corrected chi connectivity index (χ3v) is 5.07. The summed E-state index contributed by atoms with van der Waals surface area (Å²) in [5.41, 5.74) is 7.52. The summed E-state index contributed by atoms with van der Waals surface area (Å²) < 4.78 is 0. The van der Waals surface area contributed by atoms with Crippen LogP contribution in [0, 0.1) is 5.92 Å². The zero-order valence-electron chi connectivity index (χ0n) is 13.6. The number of nitrogens with zero attached hydrogens (tertiary/aromatic N) is 2. The first kappa shape index (κ1) is 20.9. The molecule has 2 aromatic rings. The lowest BCUT2D eigenvalue weighted by Crippen LogP contribution is -2.34. The molecule has 0 saturated carbocycles. The van der Waals surface area contributed by atoms with E-state index >= 15 is 0 Å². The first-order chi connectivity index (χ1) is 10.7. The molecule has 2 N–H and O–H groups in total. The van der Waals surface area contributed by atoms with Gasteiger partial charge in [-0.05, 0) is 31.4 Å². The van der Waals surface area contributed by atoms with E-state index in [1.165, 1.54) is 5.56 Å². The summed E-state index contributed by atoms with van der Waals surface area (Å²) in [6, 6.07) is 10.5. The van der Waals surface area contributed by atoms with Gasteiger partial charge in [-0.25, -0.2) is 4.98 Å². The fraction of sp³-hybridized carbons (Fsp3) is 0.412. The van der Waals surface area contributed by atoms with Crippen LogP contribution in [0.1, 0.15) is 34.4 Å². The summed E-state index contributed by atoms with van der Waals surface area (Å²) in [7, 11) is 0. The average molecular weight is 388 g/mol. The second kappa shape index (κ2) is 9.37. The molecule has 24 heavy (non-hydrogen) atoms. The molecular formula is C17H23Cl2N3OS. The molecule has 1 saturated heterocycles. The van der Waals surface area contributed by atoms with E-state index in [-0.39, 0.29) is 36.8 Å². The quantitative estimate of drug-likeness (QED) is 0.874. The Morgan fingerprint density at radius 2 is 2.04 bits per heavy atom. The van der Waals surface area contributed by atoms with Gasteiger partial charge in [0.25, 0.3) is 5.91 Å². The second-order valence-corrected chi connectivity index (χ2v) is 6.88. The van der Waals surface area contributed by atoms with E-state index in [2.05, 4.69) is 24.0 Å². The molecule has 0 spiro atoms. The Morgan fingerprint density at radius 1 is 1.33 bits per heavy atom. The van der Waals surface area contributed by atoms with Crippen LogP contribution in [0.2, 0.25) is 0 Å². The van der Waals surface area contributed by atoms with Crippen molar-refractivity contribution in [3.63, 3.8) is 0 Å². The number of nitrogens with two attached hydrogens (primary N) is 1. The molecule has 1 amide bonds. The maximum Gasteiger partial charge on any atom is 0.273 e. The predicted octanol–water partition coefficient (Wildman–Crippen LogP) is 3.39. The Labute approximate surface area is 159 Å². The summed E-state index contributed by atoms with van der Waals surface area (Å²) in [6.07, 6.45) is 1.77. The van der Waals surface area contributed by atoms with Crippen LogP contribution in [0.25, 0.3) is 0 Å². The van der Waals surface area contributed by atoms with Crippen molar-refractivity contribution in [2.24, 2.45) is 11.7 Å². The Hall–Kier alpha value is -1.14. The van der Waals surface area contributed by atoms with Crippen molar-refractivity contribution in [3.8, 4) is 0 Å². The number of hydrogen-bond donors (Lipinski definition) is 1. The van der Waals surface area contributed by atoms with Crippen molar-refractivity contribution in [1.82, 2.24) is 9.88 Å². The van der Waals surface area contributed by atoms with Crippen molar-refractivity contribution < 1.29 is 4.79 Å². The lowest BCUT2D eigenvalue weighted by molar-refractivity contribution is 0.0738. The van der Waals surface area contributed by atoms with Crippen LogP contribution in [-0.4, -0.2) is 34.9 Å². The molecule has 3 rings (SSSR count). The fourth-order valence-corrected chi connectivity index (χ4v) is 3.81. The van der Waals surface area contributed by atoms with Crippen LogP contribution in [0.3, 0.4) is 0 Å². The average Bonchev–Trinajstić information content (AvgIpc) is 3.14. The Kier molecular flexibility index (Phi) is 8.16. The topological polar surface area (TPSA) is 59.2 Å². The van der Waals surface area contributed by atoms with Gasteiger partial charge in [0.1, 0.15) is 5.69 Å². The number of rotatable bonds is 4. The standard InChI is InChI=1S/C17H21N3OS.2ClH/c1-12-7-14(9-18)10-20(12)17(21)15-11-22-16(19-15)8-13-5-3-2-4-6-13;;/h2-6,11-12,14H,7-10,18H2,1H3;2*1H. The van der Waals surface area contributed by atoms with Crippen molar-refractivity contribution in [3.05, 3.63) is 52.0 Å². The Balaban J connectivity index is 0.00000144. The smallest absolute Gasteiger partial charge is 0.273 e. The van der Waals surface area contributed by atoms with Crippen molar-refractivity contribution >= 4 is 42.1 Å². The van der Waals surface area contributed by atoms with E-state index in [0.717, 1.165) is 24.4 Å². The molecular weight excluding hydrogens is 365 g/mol. The monoisotopic (exact) mass is 387 g/mol. The van der Waals surface area contributed by atoms with E-state index < -0.39 is 0 Å². The van der Waals surface area contributed by atoms with Gasteiger partial charge in [-0.1, -0.05) is 30.3 Å². The van der Waals surface area contributed by atoms with Gasteiger partial charge in [0.05, 0.1) is 5.01 Å². The highest BCUT2D eigenvalue weighted by atomic mass is 35.5. The van der Waals surface area contributed by atoms with Crippen LogP contribution >= 0.6 is 36.2 Å². The number of thiazole rings is 1. The minimum Gasteiger partial charge on any atom is -0.334 e. The van der Waals surface area contributed by atoms with Crippen LogP contribution in [-0.2, 0) is 6.42 Å². The van der Waals surface area contributed by atoms with Crippen molar-refractivity contribution in [2.75, 3.05) is 13.1 Å². The molecule has 2 atom stereocenters. The molecule has 2 unspecified atom stereocenters. The van der Waals surface area contributed by atoms with Crippen LogP contribution < -0.4 is 5.73 Å². The van der Waals surface area contributed by atoms with Gasteiger partial charge in [0.2, 0.25) is 0 Å². The zero-order valence-corrected chi connectivity index (χ0v) is 16.0. The van der Waals surface area contributed by atoms with Crippen LogP contribution in [0.4, 0.5) is 0 Å². The highest BCUT2D eigenvalue weighted by molar-refractivity contribution is 7.09. The van der Waals surface area contributed by atoms with Gasteiger partial charge >= 0.3 is 0 Å². The summed E-state index contributed by atoms with van der Waals surface area (Å²) in [6.45, 7) is 3.48. The molecule has 0 aliphatic carbocycles. The third-order valence-electron chi connectivity index (χ3n) is 4.22. The predicted molar refractivity (Wildman–Crippen MR) is 104 cm³/mol. The summed E-state index contributed by atoms with van der Waals surface area (Å²) in [4.78, 5) is 19.1. The van der Waals surface area contributed by atoms with Gasteiger partial charge in [0, 0.05) is 24.4 Å². The SMILES string of the molecule is CC1CC(CN)CN1C(=O)c1csc(Cc2ccccc2)n1.Cl.Cl. The van der Waals surface area contributed by atoms with E-state index in [9.17, 15) is 4.79 Å². The van der Waals surface area contributed by atoms with Gasteiger partial charge in [-0.3, -0.25) is 4.79 Å². The molecule has 2 heterocycles. The Bertz CT molecular complexity index is 650. The third kappa shape index (κ3) is 4.70. The number of hydrogen-bond acceptors (Lipinski definition) is 4. The number of likely N-dealkylation sites (tertiary alicyclic amines) is 1. The van der Waals surface area contributed by atoms with Crippen molar-refractivity contribution in [1.29, 1.82) is 0 Å².